The van der Waals surface area contributed by atoms with Crippen molar-refractivity contribution in [1.29, 1.82) is 0 Å². The first-order chi connectivity index (χ1) is 11.7. The van der Waals surface area contributed by atoms with Crippen LogP contribution in [0.25, 0.3) is 0 Å². The maximum atomic E-state index is 12.2. The Morgan fingerprint density at radius 1 is 0.840 bits per heavy atom. The standard InChI is InChI=1S/C12H20O11P2/c1-3-5-19-24(16,17)21-9-12(15)10-23-25(18,20-6-4-2)22-8-11(14)7-13/h3-4,13H,1-2,5-10H2,(H,16,17). The highest BCUT2D eigenvalue weighted by Crippen LogP contribution is 2.49. The van der Waals surface area contributed by atoms with Crippen molar-refractivity contribution in [3.05, 3.63) is 25.3 Å². The molecule has 0 aliphatic rings. The minimum atomic E-state index is -4.44. The summed E-state index contributed by atoms with van der Waals surface area (Å²) in [5, 5.41) is 8.58. The van der Waals surface area contributed by atoms with Crippen molar-refractivity contribution in [3.8, 4) is 0 Å². The van der Waals surface area contributed by atoms with Crippen LogP contribution in [0, 0.1) is 0 Å². The molecule has 2 atom stereocenters. The van der Waals surface area contributed by atoms with Crippen LogP contribution in [0.15, 0.2) is 25.3 Å². The van der Waals surface area contributed by atoms with Gasteiger partial charge in [-0.1, -0.05) is 12.2 Å². The molecule has 25 heavy (non-hydrogen) atoms. The molecular weight excluding hydrogens is 382 g/mol. The zero-order valence-corrected chi connectivity index (χ0v) is 15.1. The molecule has 0 spiro atoms. The fraction of sp³-hybridized carbons (Fsp3) is 0.500. The zero-order valence-electron chi connectivity index (χ0n) is 13.3. The van der Waals surface area contributed by atoms with Crippen molar-refractivity contribution in [2.45, 2.75) is 0 Å². The number of aliphatic hydroxyl groups excluding tert-OH is 1. The van der Waals surface area contributed by atoms with E-state index in [1.54, 1.807) is 0 Å². The fourth-order valence-corrected chi connectivity index (χ4v) is 2.77. The van der Waals surface area contributed by atoms with E-state index in [1.165, 1.54) is 12.2 Å². The van der Waals surface area contributed by atoms with Crippen LogP contribution in [0.2, 0.25) is 0 Å². The highest BCUT2D eigenvalue weighted by Gasteiger charge is 2.29. The molecule has 0 aliphatic carbocycles. The number of aliphatic hydroxyl groups is 1. The van der Waals surface area contributed by atoms with E-state index in [9.17, 15) is 23.6 Å². The molecule has 13 heteroatoms. The summed E-state index contributed by atoms with van der Waals surface area (Å²) in [5.74, 6) is -1.67. The van der Waals surface area contributed by atoms with Gasteiger partial charge in [-0.25, -0.2) is 9.13 Å². The van der Waals surface area contributed by atoms with Crippen molar-refractivity contribution in [1.82, 2.24) is 0 Å². The van der Waals surface area contributed by atoms with Crippen LogP contribution in [-0.4, -0.2) is 61.2 Å². The molecule has 0 rings (SSSR count). The lowest BCUT2D eigenvalue weighted by molar-refractivity contribution is -0.125. The molecule has 11 nitrogen and oxygen atoms in total. The molecule has 0 aromatic carbocycles. The first-order valence-electron chi connectivity index (χ1n) is 6.69. The van der Waals surface area contributed by atoms with Crippen LogP contribution >= 0.6 is 15.6 Å². The monoisotopic (exact) mass is 402 g/mol. The van der Waals surface area contributed by atoms with Gasteiger partial charge >= 0.3 is 15.6 Å². The van der Waals surface area contributed by atoms with Gasteiger partial charge in [0.1, 0.15) is 26.4 Å². The number of phosphoric acid groups is 2. The predicted octanol–water partition coefficient (Wildman–Crippen LogP) is 0.780. The lowest BCUT2D eigenvalue weighted by Gasteiger charge is -2.16. The second-order valence-electron chi connectivity index (χ2n) is 4.14. The Hall–Kier alpha value is -1.00. The minimum absolute atomic E-state index is 0.267. The van der Waals surface area contributed by atoms with Gasteiger partial charge in [-0.15, -0.1) is 13.2 Å². The van der Waals surface area contributed by atoms with E-state index in [0.29, 0.717) is 0 Å². The number of carbonyl (C=O) groups excluding carboxylic acids is 2. The second-order valence-corrected chi connectivity index (χ2v) is 7.26. The number of Topliss-reactive ketones (excluding diaryl/α,β-unsaturated/α-hetero) is 2. The number of ketones is 2. The van der Waals surface area contributed by atoms with Gasteiger partial charge in [-0.2, -0.15) is 0 Å². The molecule has 0 amide bonds. The third kappa shape index (κ3) is 12.1. The lowest BCUT2D eigenvalue weighted by Crippen LogP contribution is -2.17. The maximum absolute atomic E-state index is 12.2. The van der Waals surface area contributed by atoms with Crippen molar-refractivity contribution in [2.75, 3.05) is 39.6 Å². The molecular formula is C12H20O11P2. The van der Waals surface area contributed by atoms with E-state index in [2.05, 4.69) is 26.7 Å². The Labute approximate surface area is 144 Å². The van der Waals surface area contributed by atoms with Gasteiger partial charge in [0.05, 0.1) is 13.2 Å². The first-order valence-corrected chi connectivity index (χ1v) is 9.65. The van der Waals surface area contributed by atoms with Gasteiger partial charge in [0.2, 0.25) is 0 Å². The van der Waals surface area contributed by atoms with E-state index < -0.39 is 53.6 Å². The van der Waals surface area contributed by atoms with Crippen molar-refractivity contribution in [2.24, 2.45) is 0 Å². The Morgan fingerprint density at radius 2 is 1.32 bits per heavy atom. The first kappa shape index (κ1) is 24.0. The second kappa shape index (κ2) is 12.4. The molecule has 144 valence electrons. The molecule has 2 unspecified atom stereocenters. The van der Waals surface area contributed by atoms with Gasteiger partial charge < -0.3 is 10.00 Å². The van der Waals surface area contributed by atoms with Gasteiger partial charge in [0, 0.05) is 0 Å². The summed E-state index contributed by atoms with van der Waals surface area (Å²) in [6.45, 7) is 2.72. The Balaban J connectivity index is 4.51. The van der Waals surface area contributed by atoms with Crippen molar-refractivity contribution >= 4 is 27.2 Å². The van der Waals surface area contributed by atoms with Crippen molar-refractivity contribution in [3.63, 3.8) is 0 Å². The van der Waals surface area contributed by atoms with Gasteiger partial charge in [0.25, 0.3) is 0 Å². The molecule has 0 heterocycles. The van der Waals surface area contributed by atoms with E-state index in [0.717, 1.165) is 0 Å². The third-order valence-electron chi connectivity index (χ3n) is 2.04. The van der Waals surface area contributed by atoms with Crippen LogP contribution in [0.5, 0.6) is 0 Å². The quantitative estimate of drug-likeness (QED) is 0.278. The molecule has 0 radical (unpaired) electrons. The minimum Gasteiger partial charge on any atom is -0.388 e. The number of carbonyl (C=O) groups is 2. The number of hydrogen-bond donors (Lipinski definition) is 2. The number of hydrogen-bond acceptors (Lipinski definition) is 10. The van der Waals surface area contributed by atoms with Crippen LogP contribution in [0.1, 0.15) is 0 Å². The summed E-state index contributed by atoms with van der Waals surface area (Å²) in [7, 11) is -8.73. The molecule has 2 N–H and O–H groups in total. The summed E-state index contributed by atoms with van der Waals surface area (Å²) < 4.78 is 46.4. The lowest BCUT2D eigenvalue weighted by atomic mass is 10.5. The summed E-state index contributed by atoms with van der Waals surface area (Å²) in [4.78, 5) is 31.7. The molecule has 0 saturated heterocycles. The average Bonchev–Trinajstić information content (AvgIpc) is 2.59. The smallest absolute Gasteiger partial charge is 0.388 e. The molecule has 0 aliphatic heterocycles. The SMILES string of the molecule is C=CCOP(=O)(O)OCC(=O)COP(=O)(OCC=C)OCC(=O)CO. The molecule has 0 aromatic heterocycles. The van der Waals surface area contributed by atoms with E-state index in [4.69, 9.17) is 14.2 Å². The largest absolute Gasteiger partial charge is 0.475 e. The summed E-state index contributed by atoms with van der Waals surface area (Å²) >= 11 is 0. The highest BCUT2D eigenvalue weighted by atomic mass is 31.2. The molecule has 0 aromatic rings. The predicted molar refractivity (Wildman–Crippen MR) is 84.7 cm³/mol. The van der Waals surface area contributed by atoms with Crippen LogP contribution in [0.3, 0.4) is 0 Å². The number of rotatable bonds is 16. The number of phosphoric ester groups is 2. The van der Waals surface area contributed by atoms with Crippen LogP contribution in [0.4, 0.5) is 0 Å². The maximum Gasteiger partial charge on any atom is 0.475 e. The Morgan fingerprint density at radius 3 is 1.84 bits per heavy atom. The van der Waals surface area contributed by atoms with Gasteiger partial charge in [-0.05, 0) is 0 Å². The average molecular weight is 402 g/mol. The zero-order chi connectivity index (χ0) is 19.3. The third-order valence-corrected chi connectivity index (χ3v) is 4.33. The van der Waals surface area contributed by atoms with Crippen LogP contribution < -0.4 is 0 Å². The Kier molecular flexibility index (Phi) is 11.9. The summed E-state index contributed by atoms with van der Waals surface area (Å²) in [6.07, 6.45) is 2.42. The van der Waals surface area contributed by atoms with E-state index in [-0.39, 0.29) is 13.2 Å². The summed E-state index contributed by atoms with van der Waals surface area (Å²) in [6, 6.07) is 0. The Bertz CT molecular complexity index is 559. The normalized spacial score (nSPS) is 15.8. The van der Waals surface area contributed by atoms with E-state index in [1.807, 2.05) is 0 Å². The van der Waals surface area contributed by atoms with Crippen molar-refractivity contribution < 1.29 is 51.3 Å². The van der Waals surface area contributed by atoms with Gasteiger partial charge in [0.15, 0.2) is 11.6 Å². The van der Waals surface area contributed by atoms with E-state index >= 15 is 0 Å². The topological polar surface area (TPSA) is 155 Å². The fourth-order valence-electron chi connectivity index (χ4n) is 0.983. The molecule has 0 bridgehead atoms. The molecule has 0 fully saturated rings. The van der Waals surface area contributed by atoms with Crippen LogP contribution in [-0.2, 0) is 41.3 Å². The van der Waals surface area contributed by atoms with Gasteiger partial charge in [-0.3, -0.25) is 32.2 Å². The molecule has 0 saturated carbocycles. The summed E-state index contributed by atoms with van der Waals surface area (Å²) in [5.41, 5.74) is 0. The highest BCUT2D eigenvalue weighted by molar-refractivity contribution is 7.48.